The van der Waals surface area contributed by atoms with E-state index in [9.17, 15) is 4.79 Å². The van der Waals surface area contributed by atoms with Crippen LogP contribution in [-0.4, -0.2) is 50.2 Å². The fourth-order valence-corrected chi connectivity index (χ4v) is 3.59. The van der Waals surface area contributed by atoms with Crippen molar-refractivity contribution in [3.8, 4) is 0 Å². The Morgan fingerprint density at radius 1 is 1.04 bits per heavy atom. The highest BCUT2D eigenvalue weighted by Gasteiger charge is 2.21. The number of nitrogens with zero attached hydrogens (tertiary/aromatic N) is 3. The molecular formula is C21H27ClN4O. The number of piperazine rings is 1. The Hall–Kier alpha value is -2.40. The van der Waals surface area contributed by atoms with Crippen molar-refractivity contribution < 1.29 is 4.79 Å². The molecule has 2 aromatic rings. The maximum absolute atomic E-state index is 12.5. The summed E-state index contributed by atoms with van der Waals surface area (Å²) in [7, 11) is 0. The number of nitrogens with one attached hydrogen (secondary N) is 1. The molecule has 5 nitrogen and oxygen atoms in total. The van der Waals surface area contributed by atoms with Gasteiger partial charge in [-0.1, -0.05) is 17.7 Å². The molecule has 6 heteroatoms. The molecule has 0 radical (unpaired) electrons. The average Bonchev–Trinajstić information content (AvgIpc) is 2.70. The van der Waals surface area contributed by atoms with Crippen LogP contribution in [0.25, 0.3) is 0 Å². The van der Waals surface area contributed by atoms with Crippen molar-refractivity contribution in [2.24, 2.45) is 0 Å². The zero-order valence-electron chi connectivity index (χ0n) is 16.0. The number of hydrogen-bond donors (Lipinski definition) is 1. The molecule has 0 aliphatic carbocycles. The maximum atomic E-state index is 12.5. The molecule has 0 atom stereocenters. The first kappa shape index (κ1) is 19.4. The van der Waals surface area contributed by atoms with Crippen molar-refractivity contribution in [1.82, 2.24) is 4.90 Å². The van der Waals surface area contributed by atoms with Gasteiger partial charge in [-0.2, -0.15) is 0 Å². The molecule has 144 valence electrons. The van der Waals surface area contributed by atoms with Crippen LogP contribution in [0.15, 0.2) is 48.5 Å². The van der Waals surface area contributed by atoms with E-state index in [1.54, 1.807) is 12.1 Å². The Kier molecular flexibility index (Phi) is 6.45. The van der Waals surface area contributed by atoms with Gasteiger partial charge in [0.1, 0.15) is 0 Å². The number of amides is 2. The maximum Gasteiger partial charge on any atom is 0.321 e. The molecule has 3 rings (SSSR count). The lowest BCUT2D eigenvalue weighted by atomic mass is 10.2. The van der Waals surface area contributed by atoms with Gasteiger partial charge in [0, 0.05) is 61.4 Å². The van der Waals surface area contributed by atoms with E-state index in [-0.39, 0.29) is 6.03 Å². The number of urea groups is 1. The van der Waals surface area contributed by atoms with Crippen LogP contribution < -0.4 is 15.1 Å². The predicted molar refractivity (Wildman–Crippen MR) is 114 cm³/mol. The van der Waals surface area contributed by atoms with E-state index in [2.05, 4.69) is 53.2 Å². The molecule has 0 saturated carbocycles. The number of anilines is 3. The number of carbonyl (C=O) groups is 1. The first-order valence-corrected chi connectivity index (χ1v) is 9.90. The summed E-state index contributed by atoms with van der Waals surface area (Å²) < 4.78 is 0. The molecule has 1 aliphatic heterocycles. The second-order valence-corrected chi connectivity index (χ2v) is 7.04. The van der Waals surface area contributed by atoms with Crippen LogP contribution in [-0.2, 0) is 0 Å². The molecule has 0 spiro atoms. The molecule has 1 N–H and O–H groups in total. The van der Waals surface area contributed by atoms with E-state index in [0.29, 0.717) is 18.1 Å². The molecule has 1 heterocycles. The second kappa shape index (κ2) is 9.00. The van der Waals surface area contributed by atoms with Crippen LogP contribution in [0.4, 0.5) is 21.9 Å². The van der Waals surface area contributed by atoms with Gasteiger partial charge in [-0.25, -0.2) is 4.79 Å². The Balaban J connectivity index is 1.54. The molecule has 0 unspecified atom stereocenters. The van der Waals surface area contributed by atoms with Crippen molar-refractivity contribution in [2.75, 3.05) is 54.4 Å². The SMILES string of the molecule is CCN(CC)c1ccc(N2CCN(C(=O)Nc3cccc(Cl)c3)CC2)cc1. The van der Waals surface area contributed by atoms with E-state index in [1.807, 2.05) is 17.0 Å². The van der Waals surface area contributed by atoms with Gasteiger partial charge < -0.3 is 20.0 Å². The second-order valence-electron chi connectivity index (χ2n) is 6.60. The van der Waals surface area contributed by atoms with Crippen LogP contribution in [0.3, 0.4) is 0 Å². The van der Waals surface area contributed by atoms with E-state index < -0.39 is 0 Å². The first-order valence-electron chi connectivity index (χ1n) is 9.52. The molecule has 27 heavy (non-hydrogen) atoms. The molecule has 1 aliphatic rings. The summed E-state index contributed by atoms with van der Waals surface area (Å²) in [6, 6.07) is 15.9. The minimum atomic E-state index is -0.0752. The summed E-state index contributed by atoms with van der Waals surface area (Å²) in [5, 5.41) is 3.53. The minimum absolute atomic E-state index is 0.0752. The monoisotopic (exact) mass is 386 g/mol. The van der Waals surface area contributed by atoms with Crippen molar-refractivity contribution in [3.63, 3.8) is 0 Å². The van der Waals surface area contributed by atoms with Gasteiger partial charge >= 0.3 is 6.03 Å². The third-order valence-corrected chi connectivity index (χ3v) is 5.22. The quantitative estimate of drug-likeness (QED) is 0.819. The fraction of sp³-hybridized carbons (Fsp3) is 0.381. The largest absolute Gasteiger partial charge is 0.372 e. The smallest absolute Gasteiger partial charge is 0.321 e. The summed E-state index contributed by atoms with van der Waals surface area (Å²) in [4.78, 5) is 19.0. The summed E-state index contributed by atoms with van der Waals surface area (Å²) in [6.07, 6.45) is 0. The fourth-order valence-electron chi connectivity index (χ4n) is 3.40. The number of benzene rings is 2. The zero-order valence-corrected chi connectivity index (χ0v) is 16.7. The highest BCUT2D eigenvalue weighted by atomic mass is 35.5. The van der Waals surface area contributed by atoms with E-state index in [0.717, 1.165) is 31.9 Å². The van der Waals surface area contributed by atoms with Gasteiger partial charge in [-0.15, -0.1) is 0 Å². The van der Waals surface area contributed by atoms with Gasteiger partial charge in [-0.05, 0) is 56.3 Å². The number of carbonyl (C=O) groups excluding carboxylic acids is 1. The van der Waals surface area contributed by atoms with E-state index in [1.165, 1.54) is 11.4 Å². The topological polar surface area (TPSA) is 38.8 Å². The molecule has 2 aromatic carbocycles. The standard InChI is InChI=1S/C21H27ClN4O/c1-3-24(4-2)19-8-10-20(11-9-19)25-12-14-26(15-13-25)21(27)23-18-7-5-6-17(22)16-18/h5-11,16H,3-4,12-15H2,1-2H3,(H,23,27). The summed E-state index contributed by atoms with van der Waals surface area (Å²) >= 11 is 5.98. The lowest BCUT2D eigenvalue weighted by Crippen LogP contribution is -2.50. The normalized spacial score (nSPS) is 14.2. The van der Waals surface area contributed by atoms with Crippen LogP contribution in [0.1, 0.15) is 13.8 Å². The Bertz CT molecular complexity index is 753. The molecule has 1 saturated heterocycles. The van der Waals surface area contributed by atoms with Crippen molar-refractivity contribution in [3.05, 3.63) is 53.6 Å². The lowest BCUT2D eigenvalue weighted by molar-refractivity contribution is 0.208. The van der Waals surface area contributed by atoms with Gasteiger partial charge in [0.05, 0.1) is 0 Å². The number of halogens is 1. The van der Waals surface area contributed by atoms with Gasteiger partial charge in [-0.3, -0.25) is 0 Å². The zero-order chi connectivity index (χ0) is 19.2. The molecular weight excluding hydrogens is 360 g/mol. The van der Waals surface area contributed by atoms with Crippen molar-refractivity contribution in [2.45, 2.75) is 13.8 Å². The van der Waals surface area contributed by atoms with Crippen molar-refractivity contribution >= 4 is 34.7 Å². The number of hydrogen-bond acceptors (Lipinski definition) is 3. The van der Waals surface area contributed by atoms with Crippen LogP contribution in [0.2, 0.25) is 5.02 Å². The van der Waals surface area contributed by atoms with E-state index in [4.69, 9.17) is 11.6 Å². The molecule has 1 fully saturated rings. The van der Waals surface area contributed by atoms with E-state index >= 15 is 0 Å². The molecule has 0 bridgehead atoms. The summed E-state index contributed by atoms with van der Waals surface area (Å²) in [5.74, 6) is 0. The van der Waals surface area contributed by atoms with Gasteiger partial charge in [0.25, 0.3) is 0 Å². The first-order chi connectivity index (χ1) is 13.1. The van der Waals surface area contributed by atoms with Crippen LogP contribution >= 0.6 is 11.6 Å². The summed E-state index contributed by atoms with van der Waals surface area (Å²) in [6.45, 7) is 9.41. The van der Waals surface area contributed by atoms with Gasteiger partial charge in [0.15, 0.2) is 0 Å². The van der Waals surface area contributed by atoms with Gasteiger partial charge in [0.2, 0.25) is 0 Å². The van der Waals surface area contributed by atoms with Crippen molar-refractivity contribution in [1.29, 1.82) is 0 Å². The number of rotatable bonds is 5. The average molecular weight is 387 g/mol. The highest BCUT2D eigenvalue weighted by molar-refractivity contribution is 6.30. The predicted octanol–water partition coefficient (Wildman–Crippen LogP) is 4.54. The third kappa shape index (κ3) is 4.86. The van der Waals surface area contributed by atoms with Crippen LogP contribution in [0.5, 0.6) is 0 Å². The van der Waals surface area contributed by atoms with Crippen LogP contribution in [0, 0.1) is 0 Å². The Labute approximate surface area is 166 Å². The Morgan fingerprint density at radius 3 is 2.30 bits per heavy atom. The molecule has 0 aromatic heterocycles. The minimum Gasteiger partial charge on any atom is -0.372 e. The lowest BCUT2D eigenvalue weighted by Gasteiger charge is -2.36. The highest BCUT2D eigenvalue weighted by Crippen LogP contribution is 2.22. The Morgan fingerprint density at radius 2 is 1.70 bits per heavy atom. The summed E-state index contributed by atoms with van der Waals surface area (Å²) in [5.41, 5.74) is 3.19. The third-order valence-electron chi connectivity index (χ3n) is 4.99. The molecule has 2 amide bonds.